The Morgan fingerprint density at radius 1 is 0.282 bits per heavy atom. The summed E-state index contributed by atoms with van der Waals surface area (Å²) in [7, 11) is 0. The Hall–Kier alpha value is -4.97. The molecule has 0 aromatic heterocycles. The van der Waals surface area contributed by atoms with Crippen molar-refractivity contribution in [1.82, 2.24) is 0 Å². The molecule has 1 atom stereocenters. The van der Waals surface area contributed by atoms with Crippen LogP contribution in [0.1, 0.15) is 213 Å². The van der Waals surface area contributed by atoms with Gasteiger partial charge in [-0.25, -0.2) is 0 Å². The molecule has 0 aliphatic rings. The van der Waals surface area contributed by atoms with E-state index in [-0.39, 0.29) is 44.0 Å². The van der Waals surface area contributed by atoms with Gasteiger partial charge in [-0.05, 0) is 141 Å². The number of rotatable bonds is 48. The van der Waals surface area contributed by atoms with Gasteiger partial charge < -0.3 is 14.2 Å². The molecule has 0 aromatic carbocycles. The van der Waals surface area contributed by atoms with E-state index in [0.717, 1.165) is 154 Å². The molecule has 0 N–H and O–H groups in total. The van der Waals surface area contributed by atoms with Gasteiger partial charge in [0.1, 0.15) is 13.2 Å². The van der Waals surface area contributed by atoms with E-state index >= 15 is 0 Å². The lowest BCUT2D eigenvalue weighted by Gasteiger charge is -2.18. The summed E-state index contributed by atoms with van der Waals surface area (Å²) in [5.74, 6) is -1.02. The summed E-state index contributed by atoms with van der Waals surface area (Å²) in [5.41, 5.74) is 0. The maximum Gasteiger partial charge on any atom is 0.306 e. The zero-order valence-corrected chi connectivity index (χ0v) is 45.2. The van der Waals surface area contributed by atoms with Crippen molar-refractivity contribution in [1.29, 1.82) is 0 Å². The van der Waals surface area contributed by atoms with Crippen LogP contribution in [0.25, 0.3) is 0 Å². The third kappa shape index (κ3) is 55.8. The molecule has 6 nitrogen and oxygen atoms in total. The van der Waals surface area contributed by atoms with E-state index in [2.05, 4.69) is 179 Å². The molecular formula is C65H100O6. The van der Waals surface area contributed by atoms with Crippen molar-refractivity contribution in [3.05, 3.63) is 158 Å². The summed E-state index contributed by atoms with van der Waals surface area (Å²) in [6.45, 7) is 6.20. The summed E-state index contributed by atoms with van der Waals surface area (Å²) in [6.07, 6.45) is 83.7. The van der Waals surface area contributed by atoms with E-state index in [1.807, 2.05) is 0 Å². The lowest BCUT2D eigenvalue weighted by molar-refractivity contribution is -0.167. The molecule has 0 amide bonds. The van der Waals surface area contributed by atoms with Crippen LogP contribution in [0.5, 0.6) is 0 Å². The number of unbranched alkanes of at least 4 members (excludes halogenated alkanes) is 11. The quantitative estimate of drug-likeness (QED) is 0.0262. The van der Waals surface area contributed by atoms with Crippen LogP contribution in [-0.2, 0) is 28.6 Å². The van der Waals surface area contributed by atoms with E-state index in [1.54, 1.807) is 0 Å². The fraction of sp³-hybridized carbons (Fsp3) is 0.554. The minimum atomic E-state index is -0.825. The van der Waals surface area contributed by atoms with E-state index in [1.165, 1.54) is 12.8 Å². The predicted molar refractivity (Wildman–Crippen MR) is 306 cm³/mol. The Labute approximate surface area is 435 Å². The molecule has 1 unspecified atom stereocenters. The van der Waals surface area contributed by atoms with E-state index in [4.69, 9.17) is 14.2 Å². The molecule has 0 spiro atoms. The largest absolute Gasteiger partial charge is 0.462 e. The summed E-state index contributed by atoms with van der Waals surface area (Å²) >= 11 is 0. The Balaban J connectivity index is 4.55. The van der Waals surface area contributed by atoms with Crippen LogP contribution in [-0.4, -0.2) is 37.2 Å². The van der Waals surface area contributed by atoms with Crippen molar-refractivity contribution in [2.45, 2.75) is 219 Å². The average Bonchev–Trinajstić information content (AvgIpc) is 3.37. The SMILES string of the molecule is CC/C=C\C/C=C\C/C=C\C/C=C\C/C=C\C/C=C\CCCCC(=O)OCC(COC(=O)CCCCC/C=C\C/C=C\C/C=C\CC)OC(=O)CCCCCCCC/C=C\C/C=C\C/C=C\C/C=C\CC. The van der Waals surface area contributed by atoms with Crippen molar-refractivity contribution < 1.29 is 28.6 Å². The van der Waals surface area contributed by atoms with Gasteiger partial charge in [-0.1, -0.05) is 211 Å². The molecule has 0 saturated heterocycles. The molecular weight excluding hydrogens is 877 g/mol. The van der Waals surface area contributed by atoms with Crippen LogP contribution >= 0.6 is 0 Å². The zero-order valence-electron chi connectivity index (χ0n) is 45.2. The Morgan fingerprint density at radius 3 is 0.831 bits per heavy atom. The summed E-state index contributed by atoms with van der Waals surface area (Å²) in [5, 5.41) is 0. The highest BCUT2D eigenvalue weighted by atomic mass is 16.6. The maximum atomic E-state index is 12.9. The number of carbonyl (C=O) groups is 3. The maximum absolute atomic E-state index is 12.9. The summed E-state index contributed by atoms with van der Waals surface area (Å²) in [4.78, 5) is 38.1. The topological polar surface area (TPSA) is 78.9 Å². The second kappa shape index (κ2) is 57.6. The van der Waals surface area contributed by atoms with Crippen molar-refractivity contribution >= 4 is 17.9 Å². The van der Waals surface area contributed by atoms with Crippen molar-refractivity contribution in [2.24, 2.45) is 0 Å². The van der Waals surface area contributed by atoms with E-state index in [9.17, 15) is 14.4 Å². The molecule has 396 valence electrons. The first-order valence-corrected chi connectivity index (χ1v) is 28.0. The van der Waals surface area contributed by atoms with E-state index < -0.39 is 6.10 Å². The minimum Gasteiger partial charge on any atom is -0.462 e. The van der Waals surface area contributed by atoms with Crippen molar-refractivity contribution in [3.8, 4) is 0 Å². The van der Waals surface area contributed by atoms with E-state index in [0.29, 0.717) is 12.8 Å². The first-order valence-electron chi connectivity index (χ1n) is 28.0. The molecule has 0 aliphatic heterocycles. The van der Waals surface area contributed by atoms with Gasteiger partial charge in [0.15, 0.2) is 6.10 Å². The number of carbonyl (C=O) groups excluding carboxylic acids is 3. The summed E-state index contributed by atoms with van der Waals surface area (Å²) < 4.78 is 16.8. The number of esters is 3. The van der Waals surface area contributed by atoms with Gasteiger partial charge in [0.05, 0.1) is 0 Å². The highest BCUT2D eigenvalue weighted by Crippen LogP contribution is 2.12. The zero-order chi connectivity index (χ0) is 51.4. The lowest BCUT2D eigenvalue weighted by atomic mass is 10.1. The first kappa shape index (κ1) is 66.0. The smallest absolute Gasteiger partial charge is 0.306 e. The number of hydrogen-bond donors (Lipinski definition) is 0. The second-order valence-electron chi connectivity index (χ2n) is 17.7. The van der Waals surface area contributed by atoms with Gasteiger partial charge in [0, 0.05) is 19.3 Å². The first-order chi connectivity index (χ1) is 35.0. The fourth-order valence-electron chi connectivity index (χ4n) is 6.92. The van der Waals surface area contributed by atoms with Gasteiger partial charge >= 0.3 is 17.9 Å². The van der Waals surface area contributed by atoms with Crippen molar-refractivity contribution in [3.63, 3.8) is 0 Å². The standard InChI is InChI=1S/C65H100O6/c1-4-7-10-13-16-19-22-25-27-29-31-32-34-35-37-40-43-46-49-52-55-58-64(67)70-61-62(60-69-63(66)57-54-51-48-45-42-39-24-21-18-15-12-9-6-3)71-65(68)59-56-53-50-47-44-41-38-36-33-30-28-26-23-20-17-14-11-8-5-2/h7-12,16-21,25-28,31-33,35-37,39,42-43,46,62H,4-6,13-15,22-24,29-30,34,38,40-41,44-45,47-61H2,1-3H3/b10-7-,11-8-,12-9-,19-16-,20-17-,21-18-,27-25-,28-26-,32-31-,36-33-,37-35-,42-39-,46-43-. The number of allylic oxidation sites excluding steroid dienone is 26. The number of hydrogen-bond acceptors (Lipinski definition) is 6. The molecule has 0 aromatic rings. The molecule has 0 rings (SSSR count). The molecule has 0 fully saturated rings. The highest BCUT2D eigenvalue weighted by Gasteiger charge is 2.19. The molecule has 0 heterocycles. The van der Waals surface area contributed by atoms with Crippen LogP contribution in [0, 0.1) is 0 Å². The third-order valence-corrected chi connectivity index (χ3v) is 11.0. The minimum absolute atomic E-state index is 0.121. The highest BCUT2D eigenvalue weighted by molar-refractivity contribution is 5.71. The van der Waals surface area contributed by atoms with Gasteiger partial charge in [-0.2, -0.15) is 0 Å². The normalized spacial score (nSPS) is 13.3. The molecule has 71 heavy (non-hydrogen) atoms. The van der Waals surface area contributed by atoms with Gasteiger partial charge in [0.2, 0.25) is 0 Å². The molecule has 0 aliphatic carbocycles. The van der Waals surface area contributed by atoms with Crippen LogP contribution in [0.4, 0.5) is 0 Å². The molecule has 6 heteroatoms. The number of ether oxygens (including phenoxy) is 3. The Bertz CT molecular complexity index is 1640. The predicted octanol–water partition coefficient (Wildman–Crippen LogP) is 19.0. The molecule has 0 saturated carbocycles. The van der Waals surface area contributed by atoms with Gasteiger partial charge in [-0.3, -0.25) is 14.4 Å². The monoisotopic (exact) mass is 977 g/mol. The molecule has 0 radical (unpaired) electrons. The van der Waals surface area contributed by atoms with Gasteiger partial charge in [-0.15, -0.1) is 0 Å². The Morgan fingerprint density at radius 2 is 0.507 bits per heavy atom. The average molecular weight is 978 g/mol. The fourth-order valence-corrected chi connectivity index (χ4v) is 6.92. The van der Waals surface area contributed by atoms with Gasteiger partial charge in [0.25, 0.3) is 0 Å². The third-order valence-electron chi connectivity index (χ3n) is 11.0. The van der Waals surface area contributed by atoms with Crippen molar-refractivity contribution in [2.75, 3.05) is 13.2 Å². The van der Waals surface area contributed by atoms with Crippen LogP contribution in [0.15, 0.2) is 158 Å². The van der Waals surface area contributed by atoms with Crippen LogP contribution in [0.2, 0.25) is 0 Å². The van der Waals surface area contributed by atoms with Crippen LogP contribution < -0.4 is 0 Å². The Kier molecular flexibility index (Phi) is 53.6. The molecule has 0 bridgehead atoms. The summed E-state index contributed by atoms with van der Waals surface area (Å²) in [6, 6.07) is 0. The second-order valence-corrected chi connectivity index (χ2v) is 17.7. The lowest BCUT2D eigenvalue weighted by Crippen LogP contribution is -2.30. The van der Waals surface area contributed by atoms with Crippen LogP contribution in [0.3, 0.4) is 0 Å².